The molecule has 0 bridgehead atoms. The summed E-state index contributed by atoms with van der Waals surface area (Å²) in [6.45, 7) is 7.43. The first-order valence-electron chi connectivity index (χ1n) is 8.12. The van der Waals surface area contributed by atoms with Gasteiger partial charge in [0.1, 0.15) is 0 Å². The van der Waals surface area contributed by atoms with Crippen LogP contribution < -0.4 is 5.32 Å². The molecule has 0 aliphatic carbocycles. The highest BCUT2D eigenvalue weighted by molar-refractivity contribution is 5.85. The molecule has 0 radical (unpaired) electrons. The molecule has 3 rings (SSSR count). The predicted octanol–water partition coefficient (Wildman–Crippen LogP) is 2.52. The Morgan fingerprint density at radius 3 is 2.95 bits per heavy atom. The zero-order chi connectivity index (χ0) is 14.7. The summed E-state index contributed by atoms with van der Waals surface area (Å²) in [4.78, 5) is 16.6. The minimum atomic E-state index is 0. The van der Waals surface area contributed by atoms with Crippen LogP contribution in [0, 0.1) is 0 Å². The second-order valence-corrected chi connectivity index (χ2v) is 6.07. The van der Waals surface area contributed by atoms with Crippen molar-refractivity contribution in [1.29, 1.82) is 0 Å². The highest BCUT2D eigenvalue weighted by atomic mass is 35.5. The van der Waals surface area contributed by atoms with E-state index in [0.717, 1.165) is 52.0 Å². The van der Waals surface area contributed by atoms with Crippen LogP contribution in [0.1, 0.15) is 30.9 Å². The number of benzene rings is 1. The van der Waals surface area contributed by atoms with E-state index in [4.69, 9.17) is 0 Å². The van der Waals surface area contributed by atoms with Gasteiger partial charge in [-0.25, -0.2) is 0 Å². The molecule has 0 atom stereocenters. The lowest BCUT2D eigenvalue weighted by Gasteiger charge is -2.22. The van der Waals surface area contributed by atoms with E-state index < -0.39 is 0 Å². The number of nitrogens with zero attached hydrogens (tertiary/aromatic N) is 2. The first-order valence-corrected chi connectivity index (χ1v) is 8.12. The fourth-order valence-corrected chi connectivity index (χ4v) is 3.41. The molecule has 2 heterocycles. The molecule has 0 aromatic heterocycles. The number of halogens is 1. The summed E-state index contributed by atoms with van der Waals surface area (Å²) in [6, 6.07) is 6.54. The number of carbonyl (C=O) groups is 1. The standard InChI is InChI=1S/C17H25N3O.ClH/c1-2-9-20-11-4-10-19(13-16(20)21)12-15-6-3-5-14-7-8-18-17(14)15;/h3,5-6,18H,2,4,7-13H2,1H3;1H. The van der Waals surface area contributed by atoms with Gasteiger partial charge >= 0.3 is 0 Å². The molecule has 1 saturated heterocycles. The highest BCUT2D eigenvalue weighted by Gasteiger charge is 2.22. The van der Waals surface area contributed by atoms with Gasteiger partial charge in [-0.2, -0.15) is 0 Å². The largest absolute Gasteiger partial charge is 0.384 e. The second-order valence-electron chi connectivity index (χ2n) is 6.07. The number of rotatable bonds is 4. The lowest BCUT2D eigenvalue weighted by Crippen LogP contribution is -2.36. The van der Waals surface area contributed by atoms with E-state index in [9.17, 15) is 4.79 Å². The molecule has 0 spiro atoms. The summed E-state index contributed by atoms with van der Waals surface area (Å²) in [5, 5.41) is 3.49. The summed E-state index contributed by atoms with van der Waals surface area (Å²) in [6.07, 6.45) is 3.24. The van der Waals surface area contributed by atoms with Crippen molar-refractivity contribution in [2.45, 2.75) is 32.7 Å². The Morgan fingerprint density at radius 1 is 1.27 bits per heavy atom. The minimum Gasteiger partial charge on any atom is -0.384 e. The van der Waals surface area contributed by atoms with Crippen molar-refractivity contribution in [3.8, 4) is 0 Å². The van der Waals surface area contributed by atoms with Crippen molar-refractivity contribution in [3.05, 3.63) is 29.3 Å². The molecular formula is C17H26ClN3O. The lowest BCUT2D eigenvalue weighted by atomic mass is 10.1. The van der Waals surface area contributed by atoms with Crippen LogP contribution >= 0.6 is 12.4 Å². The topological polar surface area (TPSA) is 35.6 Å². The fourth-order valence-electron chi connectivity index (χ4n) is 3.41. The SMILES string of the molecule is CCCN1CCCN(Cc2cccc3c2NCC3)CC1=O.Cl. The molecule has 5 heteroatoms. The number of nitrogens with one attached hydrogen (secondary N) is 1. The molecule has 22 heavy (non-hydrogen) atoms. The van der Waals surface area contributed by atoms with Gasteiger partial charge in [-0.1, -0.05) is 25.1 Å². The van der Waals surface area contributed by atoms with Gasteiger partial charge in [-0.05, 0) is 30.4 Å². The van der Waals surface area contributed by atoms with Crippen LogP contribution in [-0.4, -0.2) is 48.4 Å². The third-order valence-electron chi connectivity index (χ3n) is 4.43. The fraction of sp³-hybridized carbons (Fsp3) is 0.588. The van der Waals surface area contributed by atoms with Crippen molar-refractivity contribution in [3.63, 3.8) is 0 Å². The van der Waals surface area contributed by atoms with Crippen LogP contribution in [0.25, 0.3) is 0 Å². The van der Waals surface area contributed by atoms with Crippen molar-refractivity contribution in [2.75, 3.05) is 38.0 Å². The molecule has 1 aromatic rings. The number of anilines is 1. The number of para-hydroxylation sites is 1. The van der Waals surface area contributed by atoms with Crippen LogP contribution in [0.4, 0.5) is 5.69 Å². The van der Waals surface area contributed by atoms with Gasteiger partial charge in [0.2, 0.25) is 5.91 Å². The van der Waals surface area contributed by atoms with Crippen molar-refractivity contribution in [2.24, 2.45) is 0 Å². The summed E-state index contributed by atoms with van der Waals surface area (Å²) >= 11 is 0. The predicted molar refractivity (Wildman–Crippen MR) is 92.6 cm³/mol. The number of fused-ring (bicyclic) bond motifs is 1. The molecule has 1 amide bonds. The van der Waals surface area contributed by atoms with Gasteiger partial charge in [0.25, 0.3) is 0 Å². The van der Waals surface area contributed by atoms with Crippen LogP contribution in [-0.2, 0) is 17.8 Å². The number of hydrogen-bond donors (Lipinski definition) is 1. The maximum absolute atomic E-state index is 12.3. The third kappa shape index (κ3) is 3.73. The van der Waals surface area contributed by atoms with Crippen LogP contribution in [0.5, 0.6) is 0 Å². The minimum absolute atomic E-state index is 0. The highest BCUT2D eigenvalue weighted by Crippen LogP contribution is 2.27. The Morgan fingerprint density at radius 2 is 2.14 bits per heavy atom. The molecule has 1 N–H and O–H groups in total. The number of amides is 1. The quantitative estimate of drug-likeness (QED) is 0.925. The van der Waals surface area contributed by atoms with Gasteiger partial charge in [0.05, 0.1) is 6.54 Å². The molecule has 0 unspecified atom stereocenters. The zero-order valence-electron chi connectivity index (χ0n) is 13.3. The molecule has 2 aliphatic rings. The monoisotopic (exact) mass is 323 g/mol. The molecule has 1 aromatic carbocycles. The van der Waals surface area contributed by atoms with Crippen molar-refractivity contribution in [1.82, 2.24) is 9.80 Å². The molecule has 4 nitrogen and oxygen atoms in total. The summed E-state index contributed by atoms with van der Waals surface area (Å²) in [5.41, 5.74) is 4.06. The van der Waals surface area contributed by atoms with E-state index in [1.165, 1.54) is 16.8 Å². The molecule has 2 aliphatic heterocycles. The van der Waals surface area contributed by atoms with Crippen LogP contribution in [0.3, 0.4) is 0 Å². The van der Waals surface area contributed by atoms with Gasteiger partial charge in [-0.3, -0.25) is 9.69 Å². The van der Waals surface area contributed by atoms with E-state index in [2.05, 4.69) is 35.3 Å². The van der Waals surface area contributed by atoms with Crippen LogP contribution in [0.2, 0.25) is 0 Å². The molecular weight excluding hydrogens is 298 g/mol. The van der Waals surface area contributed by atoms with Gasteiger partial charge < -0.3 is 10.2 Å². The number of hydrogen-bond acceptors (Lipinski definition) is 3. The van der Waals surface area contributed by atoms with E-state index in [1.807, 2.05) is 4.90 Å². The third-order valence-corrected chi connectivity index (χ3v) is 4.43. The van der Waals surface area contributed by atoms with Crippen molar-refractivity contribution < 1.29 is 4.79 Å². The average molecular weight is 324 g/mol. The Hall–Kier alpha value is -1.26. The molecule has 1 fully saturated rings. The Bertz CT molecular complexity index is 521. The number of carbonyl (C=O) groups excluding carboxylic acids is 1. The Labute approximate surface area is 139 Å². The van der Waals surface area contributed by atoms with E-state index in [1.54, 1.807) is 0 Å². The first-order chi connectivity index (χ1) is 10.3. The van der Waals surface area contributed by atoms with Crippen molar-refractivity contribution >= 4 is 24.0 Å². The average Bonchev–Trinajstić information content (AvgIpc) is 2.89. The van der Waals surface area contributed by atoms with Gasteiger partial charge in [-0.15, -0.1) is 12.4 Å². The molecule has 0 saturated carbocycles. The van der Waals surface area contributed by atoms with Gasteiger partial charge in [0.15, 0.2) is 0 Å². The maximum atomic E-state index is 12.3. The first kappa shape index (κ1) is 17.1. The van der Waals surface area contributed by atoms with E-state index in [0.29, 0.717) is 6.54 Å². The Kier molecular flexibility index (Phi) is 6.09. The summed E-state index contributed by atoms with van der Waals surface area (Å²) in [5.74, 6) is 0.287. The summed E-state index contributed by atoms with van der Waals surface area (Å²) < 4.78 is 0. The van der Waals surface area contributed by atoms with E-state index in [-0.39, 0.29) is 18.3 Å². The zero-order valence-corrected chi connectivity index (χ0v) is 14.1. The maximum Gasteiger partial charge on any atom is 0.236 e. The summed E-state index contributed by atoms with van der Waals surface area (Å²) in [7, 11) is 0. The normalized spacial score (nSPS) is 18.4. The van der Waals surface area contributed by atoms with Gasteiger partial charge in [0, 0.05) is 38.4 Å². The smallest absolute Gasteiger partial charge is 0.236 e. The lowest BCUT2D eigenvalue weighted by molar-refractivity contribution is -0.131. The Balaban J connectivity index is 0.00000176. The van der Waals surface area contributed by atoms with E-state index >= 15 is 0 Å². The van der Waals surface area contributed by atoms with Crippen LogP contribution in [0.15, 0.2) is 18.2 Å². The second kappa shape index (κ2) is 7.84. The molecule has 122 valence electrons.